The first-order valence-electron chi connectivity index (χ1n) is 7.16. The standard InChI is InChI=1S/C17H31N2/c1-17(2,3)16-10-8-15(9-11-16)14-18(4)12-13-19(5,6)7/h8-11H,12-14H2,1-7H3/q+1. The molecule has 1 aromatic rings. The number of nitrogens with zero attached hydrogens (tertiary/aromatic N) is 2. The molecule has 2 heteroatoms. The molecule has 0 aliphatic heterocycles. The molecule has 0 bridgehead atoms. The van der Waals surface area contributed by atoms with E-state index < -0.39 is 0 Å². The van der Waals surface area contributed by atoms with Crippen LogP contribution in [0, 0.1) is 0 Å². The third-order valence-corrected chi connectivity index (χ3v) is 3.42. The summed E-state index contributed by atoms with van der Waals surface area (Å²) in [7, 11) is 8.93. The van der Waals surface area contributed by atoms with Gasteiger partial charge in [-0.3, -0.25) is 4.90 Å². The molecule has 0 amide bonds. The third kappa shape index (κ3) is 6.22. The highest BCUT2D eigenvalue weighted by Crippen LogP contribution is 2.22. The Morgan fingerprint density at radius 1 is 1.00 bits per heavy atom. The van der Waals surface area contributed by atoms with Crippen molar-refractivity contribution in [3.63, 3.8) is 0 Å². The van der Waals surface area contributed by atoms with Gasteiger partial charge in [0, 0.05) is 13.1 Å². The van der Waals surface area contributed by atoms with Gasteiger partial charge in [0.05, 0.1) is 27.7 Å². The second kappa shape index (κ2) is 6.06. The van der Waals surface area contributed by atoms with Gasteiger partial charge in [0.2, 0.25) is 0 Å². The molecule has 0 fully saturated rings. The molecule has 0 saturated heterocycles. The lowest BCUT2D eigenvalue weighted by Gasteiger charge is -2.27. The van der Waals surface area contributed by atoms with Crippen molar-refractivity contribution in [2.45, 2.75) is 32.7 Å². The van der Waals surface area contributed by atoms with Gasteiger partial charge in [0.25, 0.3) is 0 Å². The van der Waals surface area contributed by atoms with Crippen molar-refractivity contribution in [2.24, 2.45) is 0 Å². The number of hydrogen-bond acceptors (Lipinski definition) is 1. The fraction of sp³-hybridized carbons (Fsp3) is 0.647. The van der Waals surface area contributed by atoms with E-state index in [-0.39, 0.29) is 5.41 Å². The van der Waals surface area contributed by atoms with Crippen LogP contribution >= 0.6 is 0 Å². The first-order chi connectivity index (χ1) is 8.58. The van der Waals surface area contributed by atoms with Gasteiger partial charge in [-0.05, 0) is 23.6 Å². The van der Waals surface area contributed by atoms with E-state index in [1.54, 1.807) is 0 Å². The molecule has 2 nitrogen and oxygen atoms in total. The molecule has 0 atom stereocenters. The van der Waals surface area contributed by atoms with Crippen LogP contribution in [0.2, 0.25) is 0 Å². The van der Waals surface area contributed by atoms with Crippen molar-refractivity contribution >= 4 is 0 Å². The van der Waals surface area contributed by atoms with Gasteiger partial charge in [0.1, 0.15) is 0 Å². The van der Waals surface area contributed by atoms with Crippen LogP contribution in [0.5, 0.6) is 0 Å². The van der Waals surface area contributed by atoms with Gasteiger partial charge in [-0.1, -0.05) is 45.0 Å². The summed E-state index contributed by atoms with van der Waals surface area (Å²) in [6.45, 7) is 10.1. The van der Waals surface area contributed by atoms with E-state index in [9.17, 15) is 0 Å². The van der Waals surface area contributed by atoms with Crippen LogP contribution in [0.1, 0.15) is 31.9 Å². The Bertz CT molecular complexity index is 379. The summed E-state index contributed by atoms with van der Waals surface area (Å²) < 4.78 is 1.02. The predicted octanol–water partition coefficient (Wildman–Crippen LogP) is 3.12. The largest absolute Gasteiger partial charge is 0.330 e. The summed E-state index contributed by atoms with van der Waals surface area (Å²) in [5.74, 6) is 0. The van der Waals surface area contributed by atoms with Gasteiger partial charge >= 0.3 is 0 Å². The molecule has 0 saturated carbocycles. The van der Waals surface area contributed by atoms with Crippen LogP contribution in [0.15, 0.2) is 24.3 Å². The monoisotopic (exact) mass is 263 g/mol. The molecule has 0 unspecified atom stereocenters. The fourth-order valence-electron chi connectivity index (χ4n) is 1.97. The Morgan fingerprint density at radius 2 is 1.53 bits per heavy atom. The molecule has 0 radical (unpaired) electrons. The lowest BCUT2D eigenvalue weighted by Crippen LogP contribution is -2.40. The average Bonchev–Trinajstić information content (AvgIpc) is 2.25. The summed E-state index contributed by atoms with van der Waals surface area (Å²) in [6, 6.07) is 9.07. The molecule has 19 heavy (non-hydrogen) atoms. The zero-order valence-electron chi connectivity index (χ0n) is 13.8. The first kappa shape index (κ1) is 16.2. The van der Waals surface area contributed by atoms with Crippen molar-refractivity contribution in [2.75, 3.05) is 41.3 Å². The summed E-state index contributed by atoms with van der Waals surface area (Å²) in [4.78, 5) is 2.40. The lowest BCUT2D eigenvalue weighted by molar-refractivity contribution is -0.869. The van der Waals surface area contributed by atoms with Crippen molar-refractivity contribution in [1.82, 2.24) is 4.90 Å². The van der Waals surface area contributed by atoms with Crippen LogP contribution in [-0.4, -0.2) is 50.7 Å². The molecule has 1 rings (SSSR count). The van der Waals surface area contributed by atoms with E-state index in [1.807, 2.05) is 0 Å². The molecule has 0 heterocycles. The zero-order chi connectivity index (χ0) is 14.7. The third-order valence-electron chi connectivity index (χ3n) is 3.42. The van der Waals surface area contributed by atoms with Crippen molar-refractivity contribution in [3.05, 3.63) is 35.4 Å². The minimum absolute atomic E-state index is 0.244. The second-order valence-electron chi connectivity index (χ2n) is 7.70. The van der Waals surface area contributed by atoms with Gasteiger partial charge in [-0.15, -0.1) is 0 Å². The van der Waals surface area contributed by atoms with Crippen LogP contribution in [0.3, 0.4) is 0 Å². The van der Waals surface area contributed by atoms with E-state index in [1.165, 1.54) is 17.7 Å². The fourth-order valence-corrected chi connectivity index (χ4v) is 1.97. The van der Waals surface area contributed by atoms with Crippen LogP contribution in [0.4, 0.5) is 0 Å². The second-order valence-corrected chi connectivity index (χ2v) is 7.70. The maximum absolute atomic E-state index is 2.40. The van der Waals surface area contributed by atoms with E-state index in [0.717, 1.165) is 17.6 Å². The minimum atomic E-state index is 0.244. The van der Waals surface area contributed by atoms with Crippen LogP contribution in [-0.2, 0) is 12.0 Å². The smallest absolute Gasteiger partial charge is 0.0909 e. The highest BCUT2D eigenvalue weighted by molar-refractivity contribution is 5.27. The maximum Gasteiger partial charge on any atom is 0.0909 e. The number of likely N-dealkylation sites (N-methyl/N-ethyl adjacent to an activating group) is 2. The van der Waals surface area contributed by atoms with Gasteiger partial charge in [0.15, 0.2) is 0 Å². The number of rotatable bonds is 5. The van der Waals surface area contributed by atoms with Crippen molar-refractivity contribution in [3.8, 4) is 0 Å². The van der Waals surface area contributed by atoms with Crippen molar-refractivity contribution in [1.29, 1.82) is 0 Å². The maximum atomic E-state index is 2.40. The number of hydrogen-bond donors (Lipinski definition) is 0. The molecular weight excluding hydrogens is 232 g/mol. The molecular formula is C17H31N2+. The Hall–Kier alpha value is -0.860. The topological polar surface area (TPSA) is 3.24 Å². The molecule has 0 spiro atoms. The van der Waals surface area contributed by atoms with Gasteiger partial charge < -0.3 is 4.48 Å². The van der Waals surface area contributed by atoms with E-state index >= 15 is 0 Å². The van der Waals surface area contributed by atoms with Crippen LogP contribution < -0.4 is 0 Å². The number of benzene rings is 1. The predicted molar refractivity (Wildman–Crippen MR) is 84.4 cm³/mol. The summed E-state index contributed by atoms with van der Waals surface area (Å²) in [6.07, 6.45) is 0. The van der Waals surface area contributed by atoms with Gasteiger partial charge in [-0.2, -0.15) is 0 Å². The van der Waals surface area contributed by atoms with E-state index in [4.69, 9.17) is 0 Å². The van der Waals surface area contributed by atoms with E-state index in [2.05, 4.69) is 78.1 Å². The summed E-state index contributed by atoms with van der Waals surface area (Å²) in [5, 5.41) is 0. The van der Waals surface area contributed by atoms with Crippen molar-refractivity contribution < 1.29 is 4.48 Å². The molecule has 0 N–H and O–H groups in total. The quantitative estimate of drug-likeness (QED) is 0.738. The molecule has 0 aliphatic carbocycles. The van der Waals surface area contributed by atoms with E-state index in [0.29, 0.717) is 0 Å². The molecule has 0 aliphatic rings. The number of quaternary nitrogens is 1. The molecule has 0 aromatic heterocycles. The normalized spacial score (nSPS) is 13.1. The molecule has 108 valence electrons. The Labute approximate surface area is 119 Å². The average molecular weight is 263 g/mol. The highest BCUT2D eigenvalue weighted by Gasteiger charge is 2.13. The summed E-state index contributed by atoms with van der Waals surface area (Å²) >= 11 is 0. The Kier molecular flexibility index (Phi) is 5.17. The SMILES string of the molecule is CN(CC[N+](C)(C)C)Cc1ccc(C(C)(C)C)cc1. The lowest BCUT2D eigenvalue weighted by atomic mass is 9.87. The Balaban J connectivity index is 2.54. The van der Waals surface area contributed by atoms with Gasteiger partial charge in [-0.25, -0.2) is 0 Å². The first-order valence-corrected chi connectivity index (χ1v) is 7.16. The van der Waals surface area contributed by atoms with Crippen LogP contribution in [0.25, 0.3) is 0 Å². The highest BCUT2D eigenvalue weighted by atomic mass is 15.3. The zero-order valence-corrected chi connectivity index (χ0v) is 13.8. The summed E-state index contributed by atoms with van der Waals surface area (Å²) in [5.41, 5.74) is 3.05. The Morgan fingerprint density at radius 3 is 1.95 bits per heavy atom. The molecule has 1 aromatic carbocycles. The minimum Gasteiger partial charge on any atom is -0.330 e.